The van der Waals surface area contributed by atoms with Gasteiger partial charge in [0.25, 0.3) is 0 Å². The van der Waals surface area contributed by atoms with E-state index in [9.17, 15) is 4.79 Å². The van der Waals surface area contributed by atoms with E-state index in [1.54, 1.807) is 11.3 Å². The van der Waals surface area contributed by atoms with E-state index in [2.05, 4.69) is 21.6 Å². The highest BCUT2D eigenvalue weighted by Crippen LogP contribution is 2.22. The van der Waals surface area contributed by atoms with Gasteiger partial charge in [-0.2, -0.15) is 0 Å². The van der Waals surface area contributed by atoms with Crippen LogP contribution in [0.1, 0.15) is 10.6 Å². The summed E-state index contributed by atoms with van der Waals surface area (Å²) in [7, 11) is 0. The summed E-state index contributed by atoms with van der Waals surface area (Å²) >= 11 is 1.73. The van der Waals surface area contributed by atoms with E-state index in [-0.39, 0.29) is 0 Å². The Morgan fingerprint density at radius 1 is 1.71 bits per heavy atom. The lowest BCUT2D eigenvalue weighted by Gasteiger charge is -1.97. The summed E-state index contributed by atoms with van der Waals surface area (Å²) in [5, 5.41) is 2.66. The number of aromatic nitrogens is 2. The van der Waals surface area contributed by atoms with Crippen LogP contribution in [0.4, 0.5) is 0 Å². The number of amides is 1. The van der Waals surface area contributed by atoms with Crippen molar-refractivity contribution in [1.29, 1.82) is 0 Å². The van der Waals surface area contributed by atoms with Gasteiger partial charge in [0.05, 0.1) is 6.20 Å². The van der Waals surface area contributed by atoms with Crippen LogP contribution >= 0.6 is 11.3 Å². The van der Waals surface area contributed by atoms with E-state index in [4.69, 9.17) is 0 Å². The Balaban J connectivity index is 2.20. The first-order valence-corrected chi connectivity index (χ1v) is 5.22. The Kier molecular flexibility index (Phi) is 2.49. The Bertz CT molecular complexity index is 446. The second-order valence-electron chi connectivity index (χ2n) is 3.03. The van der Waals surface area contributed by atoms with Gasteiger partial charge in [-0.05, 0) is 6.92 Å². The molecule has 1 N–H and O–H groups in total. The lowest BCUT2D eigenvalue weighted by molar-refractivity contribution is -0.109. The van der Waals surface area contributed by atoms with Crippen molar-refractivity contribution in [3.05, 3.63) is 23.1 Å². The largest absolute Gasteiger partial charge is 0.358 e. The number of rotatable bonds is 4. The number of carbonyl (C=O) groups is 1. The molecule has 0 fully saturated rings. The summed E-state index contributed by atoms with van der Waals surface area (Å²) in [6.07, 6.45) is 5.29. The standard InChI is InChI=1S/C9H11N3OS/c1-7-8(2-3-10-6-13)14-9-4-11-5-12(7)9/h4-6H,2-3H2,1H3,(H,10,13). The molecule has 1 amide bonds. The van der Waals surface area contributed by atoms with Gasteiger partial charge in [0.1, 0.15) is 11.2 Å². The first kappa shape index (κ1) is 9.21. The highest BCUT2D eigenvalue weighted by atomic mass is 32.1. The van der Waals surface area contributed by atoms with Crippen LogP contribution in [0.15, 0.2) is 12.5 Å². The summed E-state index contributed by atoms with van der Waals surface area (Å²) in [6.45, 7) is 2.77. The van der Waals surface area contributed by atoms with Crippen molar-refractivity contribution in [2.75, 3.05) is 6.54 Å². The van der Waals surface area contributed by atoms with E-state index in [0.717, 1.165) is 17.7 Å². The Morgan fingerprint density at radius 2 is 2.57 bits per heavy atom. The number of nitrogens with zero attached hydrogens (tertiary/aromatic N) is 2. The van der Waals surface area contributed by atoms with Gasteiger partial charge < -0.3 is 5.32 Å². The van der Waals surface area contributed by atoms with Crippen LogP contribution < -0.4 is 5.32 Å². The Morgan fingerprint density at radius 3 is 3.29 bits per heavy atom. The van der Waals surface area contributed by atoms with Crippen molar-refractivity contribution in [2.45, 2.75) is 13.3 Å². The first-order chi connectivity index (χ1) is 6.83. The summed E-state index contributed by atoms with van der Waals surface area (Å²) in [5.74, 6) is 0. The van der Waals surface area contributed by atoms with Crippen LogP contribution in [0.25, 0.3) is 4.83 Å². The number of thiazole rings is 1. The molecule has 0 aliphatic heterocycles. The number of fused-ring (bicyclic) bond motifs is 1. The van der Waals surface area contributed by atoms with E-state index in [1.807, 2.05) is 12.5 Å². The molecule has 74 valence electrons. The topological polar surface area (TPSA) is 46.4 Å². The fourth-order valence-electron chi connectivity index (χ4n) is 1.42. The number of carbonyl (C=O) groups excluding carboxylic acids is 1. The fraction of sp³-hybridized carbons (Fsp3) is 0.333. The lowest BCUT2D eigenvalue weighted by atomic mass is 10.3. The van der Waals surface area contributed by atoms with Crippen molar-refractivity contribution in [3.63, 3.8) is 0 Å². The van der Waals surface area contributed by atoms with Crippen LogP contribution in [-0.4, -0.2) is 22.3 Å². The van der Waals surface area contributed by atoms with Gasteiger partial charge in [-0.1, -0.05) is 0 Å². The normalized spacial score (nSPS) is 10.6. The van der Waals surface area contributed by atoms with Crippen LogP contribution in [0.5, 0.6) is 0 Å². The third-order valence-electron chi connectivity index (χ3n) is 2.18. The minimum Gasteiger partial charge on any atom is -0.358 e. The molecular weight excluding hydrogens is 198 g/mol. The fourth-order valence-corrected chi connectivity index (χ4v) is 2.52. The molecule has 0 saturated carbocycles. The van der Waals surface area contributed by atoms with Gasteiger partial charge in [0.2, 0.25) is 6.41 Å². The van der Waals surface area contributed by atoms with E-state index in [0.29, 0.717) is 6.54 Å². The lowest BCUT2D eigenvalue weighted by Crippen LogP contribution is -2.14. The van der Waals surface area contributed by atoms with Gasteiger partial charge in [-0.25, -0.2) is 4.98 Å². The molecule has 0 unspecified atom stereocenters. The second-order valence-corrected chi connectivity index (χ2v) is 4.15. The molecule has 0 aromatic carbocycles. The van der Waals surface area contributed by atoms with Crippen LogP contribution in [0, 0.1) is 6.92 Å². The van der Waals surface area contributed by atoms with E-state index < -0.39 is 0 Å². The molecule has 5 heteroatoms. The zero-order valence-electron chi connectivity index (χ0n) is 7.86. The van der Waals surface area contributed by atoms with Gasteiger partial charge in [0, 0.05) is 23.5 Å². The Hall–Kier alpha value is -1.36. The zero-order chi connectivity index (χ0) is 9.97. The minimum absolute atomic E-state index is 0.696. The van der Waals surface area contributed by atoms with Crippen molar-refractivity contribution >= 4 is 22.6 Å². The number of nitrogens with one attached hydrogen (secondary N) is 1. The van der Waals surface area contributed by atoms with Gasteiger partial charge >= 0.3 is 0 Å². The van der Waals surface area contributed by atoms with Crippen molar-refractivity contribution < 1.29 is 4.79 Å². The van der Waals surface area contributed by atoms with E-state index >= 15 is 0 Å². The van der Waals surface area contributed by atoms with Crippen LogP contribution in [0.3, 0.4) is 0 Å². The number of hydrogen-bond acceptors (Lipinski definition) is 3. The maximum Gasteiger partial charge on any atom is 0.207 e. The molecule has 0 radical (unpaired) electrons. The maximum atomic E-state index is 10.1. The molecule has 0 saturated heterocycles. The molecule has 0 atom stereocenters. The molecule has 14 heavy (non-hydrogen) atoms. The quantitative estimate of drug-likeness (QED) is 0.603. The average Bonchev–Trinajstić information content (AvgIpc) is 2.72. The molecular formula is C9H11N3OS. The predicted octanol–water partition coefficient (Wildman–Crippen LogP) is 0.993. The average molecular weight is 209 g/mol. The van der Waals surface area contributed by atoms with Gasteiger partial charge in [-0.15, -0.1) is 11.3 Å². The molecule has 0 aliphatic rings. The number of hydrogen-bond donors (Lipinski definition) is 1. The third kappa shape index (κ3) is 1.50. The molecule has 2 aromatic heterocycles. The van der Waals surface area contributed by atoms with Gasteiger partial charge in [-0.3, -0.25) is 9.20 Å². The molecule has 0 aliphatic carbocycles. The summed E-state index contributed by atoms with van der Waals surface area (Å²) < 4.78 is 2.07. The van der Waals surface area contributed by atoms with E-state index in [1.165, 1.54) is 10.6 Å². The molecule has 0 spiro atoms. The van der Waals surface area contributed by atoms with Crippen LogP contribution in [0.2, 0.25) is 0 Å². The molecule has 0 bridgehead atoms. The highest BCUT2D eigenvalue weighted by molar-refractivity contribution is 7.17. The molecule has 2 aromatic rings. The number of aryl methyl sites for hydroxylation is 1. The van der Waals surface area contributed by atoms with Crippen molar-refractivity contribution in [3.8, 4) is 0 Å². The second kappa shape index (κ2) is 3.79. The highest BCUT2D eigenvalue weighted by Gasteiger charge is 2.07. The monoisotopic (exact) mass is 209 g/mol. The summed E-state index contributed by atoms with van der Waals surface area (Å²) in [5.41, 5.74) is 1.22. The van der Waals surface area contributed by atoms with Crippen molar-refractivity contribution in [1.82, 2.24) is 14.7 Å². The third-order valence-corrected chi connectivity index (χ3v) is 3.43. The zero-order valence-corrected chi connectivity index (χ0v) is 8.67. The number of imidazole rings is 1. The van der Waals surface area contributed by atoms with Crippen molar-refractivity contribution in [2.24, 2.45) is 0 Å². The van der Waals surface area contributed by atoms with Crippen LogP contribution in [-0.2, 0) is 11.2 Å². The molecule has 2 heterocycles. The predicted molar refractivity (Wildman–Crippen MR) is 55.6 cm³/mol. The Labute approximate surface area is 85.6 Å². The molecule has 4 nitrogen and oxygen atoms in total. The summed E-state index contributed by atoms with van der Waals surface area (Å²) in [4.78, 5) is 16.6. The molecule has 2 rings (SSSR count). The first-order valence-electron chi connectivity index (χ1n) is 4.40. The smallest absolute Gasteiger partial charge is 0.207 e. The van der Waals surface area contributed by atoms with Gasteiger partial charge in [0.15, 0.2) is 0 Å². The summed E-state index contributed by atoms with van der Waals surface area (Å²) in [6, 6.07) is 0. The SMILES string of the molecule is Cc1c(CCNC=O)sc2cncn12. The maximum absolute atomic E-state index is 10.1. The minimum atomic E-state index is 0.696.